The molecule has 0 spiro atoms. The van der Waals surface area contributed by atoms with Crippen molar-refractivity contribution in [3.8, 4) is 0 Å². The van der Waals surface area contributed by atoms with Crippen molar-refractivity contribution in [2.24, 2.45) is 0 Å². The van der Waals surface area contributed by atoms with Crippen LogP contribution in [0.15, 0.2) is 36.7 Å². The van der Waals surface area contributed by atoms with Crippen LogP contribution in [-0.4, -0.2) is 15.7 Å². The van der Waals surface area contributed by atoms with Crippen LogP contribution in [0.25, 0.3) is 0 Å². The number of carbonyl (C=O) groups is 1. The van der Waals surface area contributed by atoms with E-state index >= 15 is 0 Å². The van der Waals surface area contributed by atoms with E-state index in [9.17, 15) is 4.79 Å². The molecule has 2 atom stereocenters. The summed E-state index contributed by atoms with van der Waals surface area (Å²) in [5, 5.41) is 8.09. The van der Waals surface area contributed by atoms with Gasteiger partial charge in [0.05, 0.1) is 6.04 Å². The van der Waals surface area contributed by atoms with Gasteiger partial charge in [-0.3, -0.25) is 9.48 Å². The lowest BCUT2D eigenvalue weighted by Crippen LogP contribution is -2.33. The Morgan fingerprint density at radius 2 is 2.10 bits per heavy atom. The SMILES string of the molecule is CC(NC(=O)C(C)n1cccn1)c1ccc(Cl)cc1Cl. The van der Waals surface area contributed by atoms with Crippen LogP contribution in [0, 0.1) is 0 Å². The fraction of sp³-hybridized carbons (Fsp3) is 0.286. The second kappa shape index (κ2) is 6.29. The third-order valence-electron chi connectivity index (χ3n) is 3.09. The first kappa shape index (κ1) is 14.9. The lowest BCUT2D eigenvalue weighted by atomic mass is 10.1. The highest BCUT2D eigenvalue weighted by molar-refractivity contribution is 6.35. The second-order valence-electron chi connectivity index (χ2n) is 4.56. The Bertz CT molecular complexity index is 598. The zero-order valence-corrected chi connectivity index (χ0v) is 12.7. The molecule has 1 heterocycles. The molecule has 0 aliphatic heterocycles. The summed E-state index contributed by atoms with van der Waals surface area (Å²) < 4.78 is 1.60. The van der Waals surface area contributed by atoms with Crippen LogP contribution >= 0.6 is 23.2 Å². The molecule has 0 aliphatic carbocycles. The molecule has 0 bridgehead atoms. The van der Waals surface area contributed by atoms with Crippen molar-refractivity contribution >= 4 is 29.1 Å². The Hall–Kier alpha value is -1.52. The molecule has 1 amide bonds. The zero-order chi connectivity index (χ0) is 14.7. The van der Waals surface area contributed by atoms with E-state index in [-0.39, 0.29) is 18.0 Å². The maximum Gasteiger partial charge on any atom is 0.245 e. The largest absolute Gasteiger partial charge is 0.348 e. The standard InChI is InChI=1S/C14H15Cl2N3O/c1-9(12-5-4-11(15)8-13(12)16)18-14(20)10(2)19-7-3-6-17-19/h3-10H,1-2H3,(H,18,20). The fourth-order valence-corrected chi connectivity index (χ4v) is 2.47. The van der Waals surface area contributed by atoms with Crippen molar-refractivity contribution in [3.05, 3.63) is 52.3 Å². The minimum atomic E-state index is -0.376. The van der Waals surface area contributed by atoms with Crippen LogP contribution in [0.5, 0.6) is 0 Å². The van der Waals surface area contributed by atoms with Crippen molar-refractivity contribution in [3.63, 3.8) is 0 Å². The second-order valence-corrected chi connectivity index (χ2v) is 5.40. The van der Waals surface area contributed by atoms with Gasteiger partial charge in [-0.25, -0.2) is 0 Å². The lowest BCUT2D eigenvalue weighted by molar-refractivity contribution is -0.124. The van der Waals surface area contributed by atoms with Crippen molar-refractivity contribution in [2.75, 3.05) is 0 Å². The lowest BCUT2D eigenvalue weighted by Gasteiger charge is -2.19. The molecule has 20 heavy (non-hydrogen) atoms. The molecular weight excluding hydrogens is 297 g/mol. The number of rotatable bonds is 4. The maximum absolute atomic E-state index is 12.2. The Morgan fingerprint density at radius 3 is 2.70 bits per heavy atom. The number of hydrogen-bond donors (Lipinski definition) is 1. The van der Waals surface area contributed by atoms with E-state index in [0.29, 0.717) is 10.0 Å². The minimum Gasteiger partial charge on any atom is -0.348 e. The topological polar surface area (TPSA) is 46.9 Å². The average Bonchev–Trinajstić information content (AvgIpc) is 2.91. The van der Waals surface area contributed by atoms with Crippen LogP contribution in [0.3, 0.4) is 0 Å². The summed E-state index contributed by atoms with van der Waals surface area (Å²) in [5.74, 6) is -0.118. The summed E-state index contributed by atoms with van der Waals surface area (Å²) in [6.07, 6.45) is 3.40. The highest BCUT2D eigenvalue weighted by Crippen LogP contribution is 2.26. The summed E-state index contributed by atoms with van der Waals surface area (Å²) >= 11 is 12.0. The van der Waals surface area contributed by atoms with Crippen LogP contribution in [0.1, 0.15) is 31.5 Å². The van der Waals surface area contributed by atoms with E-state index in [1.807, 2.05) is 13.0 Å². The molecule has 2 unspecified atom stereocenters. The van der Waals surface area contributed by atoms with E-state index in [4.69, 9.17) is 23.2 Å². The van der Waals surface area contributed by atoms with Gasteiger partial charge >= 0.3 is 0 Å². The molecule has 1 aromatic carbocycles. The van der Waals surface area contributed by atoms with Gasteiger partial charge in [0.2, 0.25) is 5.91 Å². The van der Waals surface area contributed by atoms with E-state index in [1.165, 1.54) is 0 Å². The molecule has 6 heteroatoms. The number of aromatic nitrogens is 2. The van der Waals surface area contributed by atoms with Crippen LogP contribution < -0.4 is 5.32 Å². The normalized spacial score (nSPS) is 13.8. The summed E-state index contributed by atoms with van der Waals surface area (Å²) in [5.41, 5.74) is 0.831. The van der Waals surface area contributed by atoms with Crippen LogP contribution in [-0.2, 0) is 4.79 Å². The van der Waals surface area contributed by atoms with Gasteiger partial charge < -0.3 is 5.32 Å². The summed E-state index contributed by atoms with van der Waals surface area (Å²) in [7, 11) is 0. The van der Waals surface area contributed by atoms with Crippen molar-refractivity contribution in [1.29, 1.82) is 0 Å². The third kappa shape index (κ3) is 3.32. The quantitative estimate of drug-likeness (QED) is 0.937. The predicted octanol–water partition coefficient (Wildman–Crippen LogP) is 3.63. The smallest absolute Gasteiger partial charge is 0.245 e. The number of nitrogens with zero attached hydrogens (tertiary/aromatic N) is 2. The highest BCUT2D eigenvalue weighted by Gasteiger charge is 2.19. The van der Waals surface area contributed by atoms with Gasteiger partial charge in [0.25, 0.3) is 0 Å². The molecule has 1 N–H and O–H groups in total. The molecule has 2 aromatic rings. The Morgan fingerprint density at radius 1 is 1.35 bits per heavy atom. The molecule has 2 rings (SSSR count). The fourth-order valence-electron chi connectivity index (χ4n) is 1.89. The molecule has 0 radical (unpaired) electrons. The van der Waals surface area contributed by atoms with Gasteiger partial charge in [-0.2, -0.15) is 5.10 Å². The molecule has 106 valence electrons. The van der Waals surface area contributed by atoms with Crippen LogP contribution in [0.4, 0.5) is 0 Å². The molecule has 0 saturated heterocycles. The Balaban J connectivity index is 2.07. The molecule has 4 nitrogen and oxygen atoms in total. The summed E-state index contributed by atoms with van der Waals surface area (Å²) in [6, 6.07) is 6.43. The predicted molar refractivity (Wildman–Crippen MR) is 80.0 cm³/mol. The first-order valence-electron chi connectivity index (χ1n) is 6.23. The zero-order valence-electron chi connectivity index (χ0n) is 11.2. The van der Waals surface area contributed by atoms with Gasteiger partial charge in [-0.15, -0.1) is 0 Å². The molecule has 0 aliphatic rings. The third-order valence-corrected chi connectivity index (χ3v) is 3.65. The number of carbonyl (C=O) groups excluding carboxylic acids is 1. The molecule has 0 fully saturated rings. The first-order valence-corrected chi connectivity index (χ1v) is 6.99. The van der Waals surface area contributed by atoms with E-state index in [0.717, 1.165) is 5.56 Å². The van der Waals surface area contributed by atoms with Gasteiger partial charge in [0.1, 0.15) is 6.04 Å². The van der Waals surface area contributed by atoms with Gasteiger partial charge in [0, 0.05) is 22.4 Å². The van der Waals surface area contributed by atoms with Crippen LogP contribution in [0.2, 0.25) is 10.0 Å². The average molecular weight is 312 g/mol. The van der Waals surface area contributed by atoms with Gasteiger partial charge in [-0.05, 0) is 37.6 Å². The molecule has 1 aromatic heterocycles. The number of halogens is 2. The Kier molecular flexibility index (Phi) is 4.68. The molecule has 0 saturated carbocycles. The monoisotopic (exact) mass is 311 g/mol. The van der Waals surface area contributed by atoms with Gasteiger partial charge in [0.15, 0.2) is 0 Å². The summed E-state index contributed by atoms with van der Waals surface area (Å²) in [4.78, 5) is 12.2. The number of benzene rings is 1. The van der Waals surface area contributed by atoms with E-state index < -0.39 is 0 Å². The number of nitrogens with one attached hydrogen (secondary N) is 1. The van der Waals surface area contributed by atoms with Crippen molar-refractivity contribution in [2.45, 2.75) is 25.9 Å². The maximum atomic E-state index is 12.2. The number of amides is 1. The van der Waals surface area contributed by atoms with Gasteiger partial charge in [-0.1, -0.05) is 29.3 Å². The minimum absolute atomic E-state index is 0.118. The van der Waals surface area contributed by atoms with Crippen molar-refractivity contribution in [1.82, 2.24) is 15.1 Å². The Labute approximate surface area is 127 Å². The van der Waals surface area contributed by atoms with Crippen molar-refractivity contribution < 1.29 is 4.79 Å². The molecular formula is C14H15Cl2N3O. The highest BCUT2D eigenvalue weighted by atomic mass is 35.5. The summed E-state index contributed by atoms with van der Waals surface area (Å²) in [6.45, 7) is 3.67. The van der Waals surface area contributed by atoms with E-state index in [1.54, 1.807) is 42.2 Å². The van der Waals surface area contributed by atoms with E-state index in [2.05, 4.69) is 10.4 Å². The number of hydrogen-bond acceptors (Lipinski definition) is 2. The first-order chi connectivity index (χ1) is 9.49.